The molecule has 1 spiro atoms. The van der Waals surface area contributed by atoms with E-state index in [1.54, 1.807) is 11.1 Å². The molecule has 220 valence electrons. The first kappa shape index (κ1) is 24.8. The van der Waals surface area contributed by atoms with Gasteiger partial charge in [-0.25, -0.2) is 0 Å². The van der Waals surface area contributed by atoms with Crippen LogP contribution < -0.4 is 0 Å². The zero-order valence-corrected chi connectivity index (χ0v) is 26.5. The summed E-state index contributed by atoms with van der Waals surface area (Å²) in [5.41, 5.74) is 10.4. The standard InChI is InChI=1S/C44H33NS/c1-2-8-31-27(7-1)13-17-38-41(31)34-15-16-37-42(43(34)45(38)30-14-18-40-35(24-30)32-9-4-6-12-39(32)46-40)33-10-3-5-11-36(33)44(37)28-20-25-19-26(22-28)23-29(44)21-25/h1-18,24-26,28-29H,19-23H2. The Balaban J connectivity index is 1.26. The van der Waals surface area contributed by atoms with Gasteiger partial charge in [0.15, 0.2) is 0 Å². The van der Waals surface area contributed by atoms with E-state index < -0.39 is 0 Å². The maximum Gasteiger partial charge on any atom is 0.0622 e. The fourth-order valence-corrected chi connectivity index (χ4v) is 12.7. The van der Waals surface area contributed by atoms with Gasteiger partial charge in [0.1, 0.15) is 0 Å². The predicted octanol–water partition coefficient (Wildman–Crippen LogP) is 12.0. The Morgan fingerprint density at radius 2 is 1.30 bits per heavy atom. The van der Waals surface area contributed by atoms with Crippen molar-refractivity contribution in [2.75, 3.05) is 0 Å². The number of thiophene rings is 1. The van der Waals surface area contributed by atoms with Gasteiger partial charge in [0.05, 0.1) is 11.0 Å². The lowest BCUT2D eigenvalue weighted by molar-refractivity contribution is -0.0399. The first-order valence-corrected chi connectivity index (χ1v) is 18.1. The summed E-state index contributed by atoms with van der Waals surface area (Å²) >= 11 is 1.91. The Labute approximate surface area is 272 Å². The maximum absolute atomic E-state index is 2.65. The number of rotatable bonds is 1. The molecule has 5 aliphatic rings. The van der Waals surface area contributed by atoms with Gasteiger partial charge in [0.2, 0.25) is 0 Å². The molecule has 0 atom stereocenters. The third kappa shape index (κ3) is 2.86. The van der Waals surface area contributed by atoms with Crippen LogP contribution in [0, 0.1) is 23.7 Å². The predicted molar refractivity (Wildman–Crippen MR) is 194 cm³/mol. The summed E-state index contributed by atoms with van der Waals surface area (Å²) in [6.45, 7) is 0. The van der Waals surface area contributed by atoms with Crippen LogP contribution >= 0.6 is 11.3 Å². The van der Waals surface area contributed by atoms with E-state index in [4.69, 9.17) is 0 Å². The minimum Gasteiger partial charge on any atom is -0.309 e. The van der Waals surface area contributed by atoms with E-state index >= 15 is 0 Å². The number of aromatic nitrogens is 1. The number of hydrogen-bond acceptors (Lipinski definition) is 1. The Morgan fingerprint density at radius 1 is 0.565 bits per heavy atom. The molecule has 0 radical (unpaired) electrons. The van der Waals surface area contributed by atoms with Crippen molar-refractivity contribution in [1.82, 2.24) is 4.57 Å². The van der Waals surface area contributed by atoms with Gasteiger partial charge in [0, 0.05) is 47.6 Å². The SMILES string of the molecule is c1ccc2c(c1)-c1c(ccc3c4c5ccccc5ccc4n(-c4ccc5sc6ccccc6c5c4)c13)C21C2CC3CC(C2)CC1C3. The number of fused-ring (bicyclic) bond motifs is 12. The van der Waals surface area contributed by atoms with E-state index in [1.165, 1.54) is 102 Å². The average Bonchev–Trinajstić information content (AvgIpc) is 3.73. The van der Waals surface area contributed by atoms with Crippen molar-refractivity contribution in [2.45, 2.75) is 37.5 Å². The summed E-state index contributed by atoms with van der Waals surface area (Å²) in [5, 5.41) is 8.15. The first-order valence-electron chi connectivity index (χ1n) is 17.3. The van der Waals surface area contributed by atoms with Crippen LogP contribution in [0.4, 0.5) is 0 Å². The van der Waals surface area contributed by atoms with Crippen LogP contribution in [-0.2, 0) is 5.41 Å². The monoisotopic (exact) mass is 607 g/mol. The molecule has 4 fully saturated rings. The van der Waals surface area contributed by atoms with Gasteiger partial charge >= 0.3 is 0 Å². The van der Waals surface area contributed by atoms with E-state index in [0.29, 0.717) is 0 Å². The van der Waals surface area contributed by atoms with Gasteiger partial charge in [0.25, 0.3) is 0 Å². The molecule has 0 aliphatic heterocycles. The van der Waals surface area contributed by atoms with Crippen molar-refractivity contribution in [3.8, 4) is 16.8 Å². The highest BCUT2D eigenvalue weighted by Gasteiger charge is 2.61. The second-order valence-corrected chi connectivity index (χ2v) is 16.0. The van der Waals surface area contributed by atoms with Crippen molar-refractivity contribution in [1.29, 1.82) is 0 Å². The number of hydrogen-bond donors (Lipinski definition) is 0. The van der Waals surface area contributed by atoms with E-state index in [2.05, 4.69) is 120 Å². The van der Waals surface area contributed by atoms with Crippen molar-refractivity contribution in [3.63, 3.8) is 0 Å². The Bertz CT molecular complexity index is 2590. The van der Waals surface area contributed by atoms with Crippen LogP contribution in [0.3, 0.4) is 0 Å². The van der Waals surface area contributed by atoms with E-state index in [1.807, 2.05) is 11.3 Å². The Kier molecular flexibility index (Phi) is 4.57. The lowest BCUT2D eigenvalue weighted by atomic mass is 9.43. The first-order chi connectivity index (χ1) is 22.8. The van der Waals surface area contributed by atoms with Crippen LogP contribution in [0.15, 0.2) is 115 Å². The highest BCUT2D eigenvalue weighted by atomic mass is 32.1. The molecule has 2 heteroatoms. The molecular weight excluding hydrogens is 575 g/mol. The topological polar surface area (TPSA) is 4.93 Å². The quantitative estimate of drug-likeness (QED) is 0.175. The van der Waals surface area contributed by atoms with E-state index in [-0.39, 0.29) is 5.41 Å². The molecule has 0 amide bonds. The number of benzene rings is 6. The van der Waals surface area contributed by atoms with Crippen molar-refractivity contribution >= 4 is 64.1 Å². The van der Waals surface area contributed by atoms with Gasteiger partial charge < -0.3 is 4.57 Å². The highest BCUT2D eigenvalue weighted by molar-refractivity contribution is 7.25. The molecule has 4 saturated carbocycles. The minimum absolute atomic E-state index is 0.157. The maximum atomic E-state index is 2.65. The van der Waals surface area contributed by atoms with Crippen LogP contribution in [-0.4, -0.2) is 4.57 Å². The van der Waals surface area contributed by atoms with Crippen LogP contribution in [0.1, 0.15) is 43.2 Å². The fourth-order valence-electron chi connectivity index (χ4n) is 11.6. The van der Waals surface area contributed by atoms with Crippen molar-refractivity contribution in [3.05, 3.63) is 126 Å². The molecule has 5 aliphatic carbocycles. The van der Waals surface area contributed by atoms with Crippen LogP contribution in [0.2, 0.25) is 0 Å². The molecule has 0 saturated heterocycles. The Hall–Kier alpha value is -4.40. The summed E-state index contributed by atoms with van der Waals surface area (Å²) in [6.07, 6.45) is 7.13. The fraction of sp³-hybridized carbons (Fsp3) is 0.227. The zero-order valence-electron chi connectivity index (χ0n) is 25.7. The molecule has 46 heavy (non-hydrogen) atoms. The second-order valence-electron chi connectivity index (χ2n) is 14.9. The molecule has 0 unspecified atom stereocenters. The highest BCUT2D eigenvalue weighted by Crippen LogP contribution is 2.70. The lowest BCUT2D eigenvalue weighted by Crippen LogP contribution is -2.55. The molecule has 13 rings (SSSR count). The summed E-state index contributed by atoms with van der Waals surface area (Å²) in [4.78, 5) is 0. The molecule has 2 heterocycles. The average molecular weight is 608 g/mol. The van der Waals surface area contributed by atoms with Crippen LogP contribution in [0.5, 0.6) is 0 Å². The van der Waals surface area contributed by atoms with Gasteiger partial charge in [-0.2, -0.15) is 0 Å². The minimum atomic E-state index is 0.157. The largest absolute Gasteiger partial charge is 0.309 e. The van der Waals surface area contributed by atoms with Gasteiger partial charge in [-0.3, -0.25) is 0 Å². The van der Waals surface area contributed by atoms with Crippen LogP contribution in [0.25, 0.3) is 69.6 Å². The summed E-state index contributed by atoms with van der Waals surface area (Å²) in [7, 11) is 0. The third-order valence-corrected chi connectivity index (χ3v) is 14.1. The third-order valence-electron chi connectivity index (χ3n) is 13.0. The molecule has 0 N–H and O–H groups in total. The van der Waals surface area contributed by atoms with Crippen molar-refractivity contribution in [2.24, 2.45) is 23.7 Å². The molecular formula is C44H33NS. The normalized spacial score (nSPS) is 25.9. The zero-order chi connectivity index (χ0) is 29.7. The molecule has 2 aromatic heterocycles. The second kappa shape index (κ2) is 8.49. The molecule has 4 bridgehead atoms. The van der Waals surface area contributed by atoms with E-state index in [0.717, 1.165) is 23.7 Å². The smallest absolute Gasteiger partial charge is 0.0622 e. The molecule has 8 aromatic rings. The van der Waals surface area contributed by atoms with Gasteiger partial charge in [-0.05, 0) is 114 Å². The lowest BCUT2D eigenvalue weighted by Gasteiger charge is -2.61. The molecule has 1 nitrogen and oxygen atoms in total. The molecule has 6 aromatic carbocycles. The van der Waals surface area contributed by atoms with Gasteiger partial charge in [-0.1, -0.05) is 84.9 Å². The summed E-state index contributed by atoms with van der Waals surface area (Å²) in [6, 6.07) is 44.6. The van der Waals surface area contributed by atoms with E-state index in [9.17, 15) is 0 Å². The van der Waals surface area contributed by atoms with Gasteiger partial charge in [-0.15, -0.1) is 11.3 Å². The summed E-state index contributed by atoms with van der Waals surface area (Å²) in [5.74, 6) is 3.41. The van der Waals surface area contributed by atoms with Crippen molar-refractivity contribution < 1.29 is 0 Å². The number of nitrogens with zero attached hydrogens (tertiary/aromatic N) is 1. The summed E-state index contributed by atoms with van der Waals surface area (Å²) < 4.78 is 5.37. The Morgan fingerprint density at radius 3 is 2.17 bits per heavy atom.